The van der Waals surface area contributed by atoms with E-state index in [1.807, 2.05) is 21.5 Å². The molecule has 52 heavy (non-hydrogen) atoms. The van der Waals surface area contributed by atoms with Gasteiger partial charge in [0, 0.05) is 96.1 Å². The van der Waals surface area contributed by atoms with Crippen LogP contribution in [-0.2, 0) is 13.1 Å². The highest BCUT2D eigenvalue weighted by atomic mass is 16.3. The first kappa shape index (κ1) is 34.9. The Morgan fingerprint density at radius 2 is 0.788 bits per heavy atom. The lowest BCUT2D eigenvalue weighted by molar-refractivity contribution is 0.0585. The van der Waals surface area contributed by atoms with Crippen molar-refractivity contribution in [3.8, 4) is 23.0 Å². The lowest BCUT2D eigenvalue weighted by atomic mass is 9.86. The molecule has 2 aromatic heterocycles. The number of benzene rings is 4. The van der Waals surface area contributed by atoms with Gasteiger partial charge in [0.25, 0.3) is 23.6 Å². The van der Waals surface area contributed by atoms with E-state index in [0.717, 1.165) is 0 Å². The maximum absolute atomic E-state index is 13.3. The number of aromatic hydroxyl groups is 4. The number of aromatic nitrogens is 4. The van der Waals surface area contributed by atoms with Crippen molar-refractivity contribution >= 4 is 34.4 Å². The topological polar surface area (TPSA) is 191 Å². The van der Waals surface area contributed by atoms with Crippen LogP contribution in [0.4, 0.5) is 0 Å². The molecule has 0 atom stereocenters. The van der Waals surface area contributed by atoms with Crippen molar-refractivity contribution in [2.24, 2.45) is 0 Å². The maximum Gasteiger partial charge on any atom is 0.261 e. The summed E-state index contributed by atoms with van der Waals surface area (Å²) in [4.78, 5) is 63.7. The zero-order chi connectivity index (χ0) is 36.8. The largest absolute Gasteiger partial charge is 0.508 e. The number of phenols is 4. The first-order chi connectivity index (χ1) is 25.1. The minimum atomic E-state index is -0.413. The minimum absolute atomic E-state index is 0.0880. The summed E-state index contributed by atoms with van der Waals surface area (Å²) in [5, 5.41) is 35.4. The van der Waals surface area contributed by atoms with Crippen LogP contribution in [0, 0.1) is 0 Å². The Balaban J connectivity index is 0.000000238. The van der Waals surface area contributed by atoms with Crippen molar-refractivity contribution in [3.05, 3.63) is 132 Å². The molecule has 4 heterocycles. The summed E-state index contributed by atoms with van der Waals surface area (Å²) >= 11 is 0. The molecule has 4 N–H and O–H groups in total. The average molecular weight is 703 g/mol. The number of phenolic OH excluding ortho intramolecular Hbond substituents is 4. The van der Waals surface area contributed by atoms with Crippen molar-refractivity contribution < 1.29 is 39.6 Å². The summed E-state index contributed by atoms with van der Waals surface area (Å²) in [6, 6.07) is 18.1. The van der Waals surface area contributed by atoms with Crippen LogP contribution in [-0.4, -0.2) is 86.0 Å². The summed E-state index contributed by atoms with van der Waals surface area (Å²) in [6.07, 6.45) is 11.5. The smallest absolute Gasteiger partial charge is 0.261 e. The minimum Gasteiger partial charge on any atom is -0.508 e. The Hall–Kier alpha value is -6.96. The first-order valence-electron chi connectivity index (χ1n) is 16.3. The predicted octanol–water partition coefficient (Wildman–Crippen LogP) is 4.80. The van der Waals surface area contributed by atoms with E-state index < -0.39 is 23.6 Å². The number of carbonyl (C=O) groups excluding carboxylic acids is 4. The molecule has 0 bridgehead atoms. The maximum atomic E-state index is 13.3. The fraction of sp³-hybridized carbons (Fsp3) is 0.158. The highest BCUT2D eigenvalue weighted by molar-refractivity contribution is 6.33. The molecule has 14 nitrogen and oxygen atoms in total. The van der Waals surface area contributed by atoms with Gasteiger partial charge in [-0.05, 0) is 61.4 Å². The molecular formula is C38H34N6O8. The first-order valence-corrected chi connectivity index (χ1v) is 16.3. The molecule has 4 amide bonds. The highest BCUT2D eigenvalue weighted by Gasteiger charge is 2.39. The molecule has 2 aliphatic heterocycles. The molecule has 2 aliphatic rings. The molecule has 0 unspecified atom stereocenters. The Bertz CT molecular complexity index is 1990. The molecule has 0 fully saturated rings. The normalized spacial score (nSPS) is 13.1. The van der Waals surface area contributed by atoms with E-state index in [1.54, 1.807) is 61.4 Å². The van der Waals surface area contributed by atoms with Crippen molar-refractivity contribution in [1.82, 2.24) is 28.9 Å². The van der Waals surface area contributed by atoms with Crippen LogP contribution >= 0.6 is 0 Å². The molecular weight excluding hydrogens is 668 g/mol. The van der Waals surface area contributed by atoms with Gasteiger partial charge in [-0.1, -0.05) is 12.1 Å². The second-order valence-corrected chi connectivity index (χ2v) is 11.9. The van der Waals surface area contributed by atoms with Crippen molar-refractivity contribution in [3.63, 3.8) is 0 Å². The fourth-order valence-electron chi connectivity index (χ4n) is 6.03. The van der Waals surface area contributed by atoms with Gasteiger partial charge >= 0.3 is 0 Å². The number of aryl methyl sites for hydroxylation is 2. The predicted molar refractivity (Wildman–Crippen MR) is 188 cm³/mol. The van der Waals surface area contributed by atoms with E-state index in [9.17, 15) is 19.2 Å². The van der Waals surface area contributed by atoms with Gasteiger partial charge in [-0.15, -0.1) is 0 Å². The molecule has 6 aromatic rings. The number of imidazole rings is 2. The van der Waals surface area contributed by atoms with Crippen molar-refractivity contribution in [1.29, 1.82) is 0 Å². The molecule has 0 spiro atoms. The van der Waals surface area contributed by atoms with E-state index in [1.165, 1.54) is 46.2 Å². The standard InChI is InChI=1S/C26H22N6O4.2C6H6O2/c33-23-17-3-5-19-22-20(26(36)32(25(19)35)12-2-10-30-14-8-28-16-30)6-4-18(21(17)22)24(34)31(23)11-1-9-29-13-7-27-15-29;2*7-5-2-1-3-6(8)4-5/h3-8,13-16H,1-2,9-12H2;2*1-4,7-8H. The quantitative estimate of drug-likeness (QED) is 0.160. The summed E-state index contributed by atoms with van der Waals surface area (Å²) in [5.74, 6) is -1.30. The zero-order valence-corrected chi connectivity index (χ0v) is 27.7. The van der Waals surface area contributed by atoms with E-state index in [0.29, 0.717) is 59.0 Å². The summed E-state index contributed by atoms with van der Waals surface area (Å²) in [7, 11) is 0. The van der Waals surface area contributed by atoms with Crippen molar-refractivity contribution in [2.45, 2.75) is 25.9 Å². The number of carbonyl (C=O) groups is 4. The van der Waals surface area contributed by atoms with Crippen molar-refractivity contribution in [2.75, 3.05) is 13.1 Å². The molecule has 0 radical (unpaired) electrons. The second-order valence-electron chi connectivity index (χ2n) is 11.9. The molecule has 0 aliphatic carbocycles. The lowest BCUT2D eigenvalue weighted by Gasteiger charge is -2.32. The molecule has 14 heteroatoms. The summed E-state index contributed by atoms with van der Waals surface area (Å²) in [6.45, 7) is 1.75. The number of hydrogen-bond acceptors (Lipinski definition) is 10. The number of amides is 4. The van der Waals surface area contributed by atoms with E-state index in [2.05, 4.69) is 9.97 Å². The second kappa shape index (κ2) is 15.3. The Morgan fingerprint density at radius 1 is 0.462 bits per heavy atom. The molecule has 264 valence electrons. The van der Waals surface area contributed by atoms with Gasteiger partial charge in [0.15, 0.2) is 0 Å². The molecule has 4 aromatic carbocycles. The average Bonchev–Trinajstić information content (AvgIpc) is 3.85. The van der Waals surface area contributed by atoms with E-state index in [-0.39, 0.29) is 36.1 Å². The Morgan fingerprint density at radius 3 is 1.04 bits per heavy atom. The van der Waals surface area contributed by atoms with Crippen LogP contribution in [0.25, 0.3) is 10.8 Å². The summed E-state index contributed by atoms with van der Waals surface area (Å²) in [5.41, 5.74) is 1.34. The number of nitrogens with zero attached hydrogens (tertiary/aromatic N) is 6. The van der Waals surface area contributed by atoms with E-state index >= 15 is 0 Å². The third-order valence-corrected chi connectivity index (χ3v) is 8.44. The Labute approximate surface area is 297 Å². The van der Waals surface area contributed by atoms with Crippen LogP contribution in [0.2, 0.25) is 0 Å². The zero-order valence-electron chi connectivity index (χ0n) is 27.7. The molecule has 8 rings (SSSR count). The number of imide groups is 2. The fourth-order valence-corrected chi connectivity index (χ4v) is 6.03. The third-order valence-electron chi connectivity index (χ3n) is 8.44. The van der Waals surface area contributed by atoms with Gasteiger partial charge in [0.05, 0.1) is 12.7 Å². The van der Waals surface area contributed by atoms with Crippen LogP contribution in [0.3, 0.4) is 0 Å². The van der Waals surface area contributed by atoms with Gasteiger partial charge in [-0.3, -0.25) is 29.0 Å². The monoisotopic (exact) mass is 702 g/mol. The van der Waals surface area contributed by atoms with E-state index in [4.69, 9.17) is 20.4 Å². The molecule has 0 saturated carbocycles. The third kappa shape index (κ3) is 7.45. The van der Waals surface area contributed by atoms with Gasteiger partial charge < -0.3 is 29.6 Å². The van der Waals surface area contributed by atoms with Gasteiger partial charge in [-0.25, -0.2) is 9.97 Å². The number of hydrogen-bond donors (Lipinski definition) is 4. The van der Waals surface area contributed by atoms with Gasteiger partial charge in [-0.2, -0.15) is 0 Å². The number of rotatable bonds is 8. The van der Waals surface area contributed by atoms with Crippen LogP contribution in [0.15, 0.2) is 110 Å². The van der Waals surface area contributed by atoms with Crippen LogP contribution < -0.4 is 0 Å². The van der Waals surface area contributed by atoms with Crippen LogP contribution in [0.5, 0.6) is 23.0 Å². The SMILES string of the molecule is O=C1c2ccc3c4c(ccc(c24)C(=O)N1CCCn1ccnc1)C(=O)N(CCCn1ccnc1)C3=O.Oc1cccc(O)c1.Oc1cccc(O)c1. The Kier molecular flexibility index (Phi) is 10.3. The highest BCUT2D eigenvalue weighted by Crippen LogP contribution is 2.38. The molecule has 0 saturated heterocycles. The lowest BCUT2D eigenvalue weighted by Crippen LogP contribution is -2.44. The van der Waals surface area contributed by atoms with Crippen LogP contribution in [0.1, 0.15) is 54.3 Å². The summed E-state index contributed by atoms with van der Waals surface area (Å²) < 4.78 is 3.77. The van der Waals surface area contributed by atoms with Gasteiger partial charge in [0.2, 0.25) is 0 Å². The van der Waals surface area contributed by atoms with Gasteiger partial charge in [0.1, 0.15) is 23.0 Å².